The second-order valence-electron chi connectivity index (χ2n) is 5.52. The summed E-state index contributed by atoms with van der Waals surface area (Å²) in [5.74, 6) is -2.86. The lowest BCUT2D eigenvalue weighted by atomic mass is 9.75. The van der Waals surface area contributed by atoms with Gasteiger partial charge in [-0.25, -0.2) is 8.78 Å². The Morgan fingerprint density at radius 1 is 1.55 bits per heavy atom. The molecule has 2 rings (SSSR count). The van der Waals surface area contributed by atoms with E-state index < -0.39 is 5.92 Å². The molecule has 2 unspecified atom stereocenters. The van der Waals surface area contributed by atoms with Gasteiger partial charge in [-0.2, -0.15) is 0 Å². The van der Waals surface area contributed by atoms with Crippen molar-refractivity contribution in [3.8, 4) is 0 Å². The molecule has 1 heterocycles. The van der Waals surface area contributed by atoms with Crippen molar-refractivity contribution in [1.29, 1.82) is 0 Å². The summed E-state index contributed by atoms with van der Waals surface area (Å²) >= 11 is 0. The van der Waals surface area contributed by atoms with Crippen LogP contribution in [0.15, 0.2) is 18.3 Å². The van der Waals surface area contributed by atoms with Crippen LogP contribution in [0, 0.1) is 5.92 Å². The van der Waals surface area contributed by atoms with Gasteiger partial charge in [-0.05, 0) is 36.0 Å². The number of nitrogens with zero attached hydrogens (tertiary/aromatic N) is 1. The minimum atomic E-state index is -2.54. The molecule has 0 aromatic carbocycles. The molecule has 0 radical (unpaired) electrons. The van der Waals surface area contributed by atoms with E-state index in [1.807, 2.05) is 19.1 Å². The molecule has 1 aromatic rings. The highest BCUT2D eigenvalue weighted by Crippen LogP contribution is 2.44. The Morgan fingerprint density at radius 2 is 2.30 bits per heavy atom. The Kier molecular flexibility index (Phi) is 4.35. The molecule has 3 nitrogen and oxygen atoms in total. The van der Waals surface area contributed by atoms with Crippen molar-refractivity contribution < 1.29 is 18.3 Å². The van der Waals surface area contributed by atoms with E-state index in [9.17, 15) is 13.6 Å². The fraction of sp³-hybridized carbons (Fsp3) is 0.600. The molecule has 2 atom stereocenters. The molecule has 0 N–H and O–H groups in total. The van der Waals surface area contributed by atoms with Crippen molar-refractivity contribution in [3.05, 3.63) is 29.6 Å². The number of hydrogen-bond acceptors (Lipinski definition) is 3. The first-order valence-corrected chi connectivity index (χ1v) is 6.81. The maximum atomic E-state index is 13.4. The van der Waals surface area contributed by atoms with Gasteiger partial charge >= 0.3 is 5.97 Å². The average Bonchev–Trinajstić information content (AvgIpc) is 2.37. The normalized spacial score (nSPS) is 25.2. The van der Waals surface area contributed by atoms with Crippen LogP contribution in [0.5, 0.6) is 0 Å². The number of halogens is 2. The van der Waals surface area contributed by atoms with Crippen LogP contribution in [0.2, 0.25) is 0 Å². The van der Waals surface area contributed by atoms with Crippen LogP contribution >= 0.6 is 0 Å². The topological polar surface area (TPSA) is 39.2 Å². The molecule has 0 saturated heterocycles. The van der Waals surface area contributed by atoms with Gasteiger partial charge in [0.25, 0.3) is 0 Å². The van der Waals surface area contributed by atoms with Crippen LogP contribution in [0.25, 0.3) is 0 Å². The van der Waals surface area contributed by atoms with E-state index in [1.54, 1.807) is 6.20 Å². The number of methoxy groups -OCH3 is 1. The number of aromatic nitrogens is 1. The number of pyridine rings is 1. The zero-order valence-corrected chi connectivity index (χ0v) is 11.7. The molecule has 20 heavy (non-hydrogen) atoms. The fourth-order valence-corrected chi connectivity index (χ4v) is 2.91. The quantitative estimate of drug-likeness (QED) is 0.799. The van der Waals surface area contributed by atoms with Crippen molar-refractivity contribution in [2.45, 2.75) is 44.4 Å². The van der Waals surface area contributed by atoms with Crippen molar-refractivity contribution >= 4 is 5.97 Å². The van der Waals surface area contributed by atoms with E-state index in [2.05, 4.69) is 9.72 Å². The number of carbonyl (C=O) groups excluding carboxylic acids is 1. The van der Waals surface area contributed by atoms with E-state index in [-0.39, 0.29) is 37.1 Å². The molecule has 1 aromatic heterocycles. The van der Waals surface area contributed by atoms with Crippen LogP contribution in [-0.4, -0.2) is 24.0 Å². The first kappa shape index (κ1) is 14.9. The SMILES string of the molecule is COC(=O)Cc1cc(C2CCC(F)(F)CC2C)ccn1. The molecular formula is C15H19F2NO2. The second-order valence-corrected chi connectivity index (χ2v) is 5.52. The van der Waals surface area contributed by atoms with Crippen LogP contribution in [0.3, 0.4) is 0 Å². The average molecular weight is 283 g/mol. The minimum Gasteiger partial charge on any atom is -0.469 e. The van der Waals surface area contributed by atoms with Gasteiger partial charge in [0.05, 0.1) is 19.2 Å². The molecule has 1 aliphatic carbocycles. The Bertz CT molecular complexity index is 491. The molecule has 1 fully saturated rings. The third-order valence-electron chi connectivity index (χ3n) is 3.95. The predicted molar refractivity (Wildman–Crippen MR) is 70.7 cm³/mol. The summed E-state index contributed by atoms with van der Waals surface area (Å²) in [7, 11) is 1.33. The number of esters is 1. The van der Waals surface area contributed by atoms with Gasteiger partial charge < -0.3 is 4.74 Å². The van der Waals surface area contributed by atoms with Gasteiger partial charge in [0.2, 0.25) is 5.92 Å². The summed E-state index contributed by atoms with van der Waals surface area (Å²) in [5, 5.41) is 0. The van der Waals surface area contributed by atoms with E-state index >= 15 is 0 Å². The summed E-state index contributed by atoms with van der Waals surface area (Å²) in [6, 6.07) is 3.69. The Labute approximate surface area is 117 Å². The van der Waals surface area contributed by atoms with Crippen molar-refractivity contribution in [1.82, 2.24) is 4.98 Å². The lowest BCUT2D eigenvalue weighted by molar-refractivity contribution is -0.139. The molecule has 0 bridgehead atoms. The minimum absolute atomic E-state index is 0.0728. The van der Waals surface area contributed by atoms with E-state index in [4.69, 9.17) is 0 Å². The Balaban J connectivity index is 2.13. The van der Waals surface area contributed by atoms with E-state index in [1.165, 1.54) is 7.11 Å². The second kappa shape index (κ2) is 5.85. The number of alkyl halides is 2. The maximum Gasteiger partial charge on any atom is 0.311 e. The molecule has 5 heteroatoms. The van der Waals surface area contributed by atoms with Gasteiger partial charge in [-0.15, -0.1) is 0 Å². The Hall–Kier alpha value is -1.52. The molecular weight excluding hydrogens is 264 g/mol. The third-order valence-corrected chi connectivity index (χ3v) is 3.95. The zero-order valence-electron chi connectivity index (χ0n) is 11.7. The number of carbonyl (C=O) groups is 1. The lowest BCUT2D eigenvalue weighted by Crippen LogP contribution is -2.30. The molecule has 110 valence electrons. The lowest BCUT2D eigenvalue weighted by Gasteiger charge is -2.34. The summed E-state index contributed by atoms with van der Waals surface area (Å²) < 4.78 is 31.3. The third kappa shape index (κ3) is 3.52. The maximum absolute atomic E-state index is 13.4. The largest absolute Gasteiger partial charge is 0.469 e. The smallest absolute Gasteiger partial charge is 0.311 e. The van der Waals surface area contributed by atoms with Crippen molar-refractivity contribution in [3.63, 3.8) is 0 Å². The standard InChI is InChI=1S/C15H19F2NO2/c1-10-9-15(16,17)5-3-13(10)11-4-6-18-12(7-11)8-14(19)20-2/h4,6-7,10,13H,3,5,8-9H2,1-2H3. The summed E-state index contributed by atoms with van der Waals surface area (Å²) in [5.41, 5.74) is 1.61. The van der Waals surface area contributed by atoms with Crippen molar-refractivity contribution in [2.75, 3.05) is 7.11 Å². The highest BCUT2D eigenvalue weighted by molar-refractivity contribution is 5.71. The van der Waals surface area contributed by atoms with E-state index in [0.29, 0.717) is 12.1 Å². The van der Waals surface area contributed by atoms with Crippen LogP contribution in [0.4, 0.5) is 8.78 Å². The number of rotatable bonds is 3. The van der Waals surface area contributed by atoms with Crippen molar-refractivity contribution in [2.24, 2.45) is 5.92 Å². The van der Waals surface area contributed by atoms with Gasteiger partial charge in [0, 0.05) is 19.0 Å². The fourth-order valence-electron chi connectivity index (χ4n) is 2.91. The molecule has 0 aliphatic heterocycles. The van der Waals surface area contributed by atoms with Crippen LogP contribution in [-0.2, 0) is 16.0 Å². The highest BCUT2D eigenvalue weighted by atomic mass is 19.3. The Morgan fingerprint density at radius 3 is 2.95 bits per heavy atom. The van der Waals surface area contributed by atoms with Crippen LogP contribution in [0.1, 0.15) is 43.4 Å². The van der Waals surface area contributed by atoms with Gasteiger partial charge in [0.15, 0.2) is 0 Å². The predicted octanol–water partition coefficient (Wildman–Crippen LogP) is 3.34. The van der Waals surface area contributed by atoms with Crippen LogP contribution < -0.4 is 0 Å². The first-order valence-electron chi connectivity index (χ1n) is 6.81. The highest BCUT2D eigenvalue weighted by Gasteiger charge is 2.39. The molecule has 0 spiro atoms. The van der Waals surface area contributed by atoms with Gasteiger partial charge in [0.1, 0.15) is 0 Å². The summed E-state index contributed by atoms with van der Waals surface area (Å²) in [6.07, 6.45) is 2.06. The zero-order chi connectivity index (χ0) is 14.8. The molecule has 1 saturated carbocycles. The first-order chi connectivity index (χ1) is 9.41. The summed E-state index contributed by atoms with van der Waals surface area (Å²) in [4.78, 5) is 15.4. The molecule has 0 amide bonds. The van der Waals surface area contributed by atoms with Gasteiger partial charge in [-0.1, -0.05) is 6.92 Å². The monoisotopic (exact) mass is 283 g/mol. The summed E-state index contributed by atoms with van der Waals surface area (Å²) in [6.45, 7) is 1.86. The number of hydrogen-bond donors (Lipinski definition) is 0. The number of ether oxygens (including phenoxy) is 1. The molecule has 1 aliphatic rings. The van der Waals surface area contributed by atoms with Gasteiger partial charge in [-0.3, -0.25) is 9.78 Å². The van der Waals surface area contributed by atoms with E-state index in [0.717, 1.165) is 5.56 Å².